The van der Waals surface area contributed by atoms with Gasteiger partial charge in [-0.25, -0.2) is 0 Å². The Labute approximate surface area is 98.7 Å². The smallest absolute Gasteiger partial charge is 0.0888 e. The largest absolute Gasteiger partial charge is 0.388 e. The van der Waals surface area contributed by atoms with E-state index in [4.69, 9.17) is 0 Å². The van der Waals surface area contributed by atoms with Crippen molar-refractivity contribution in [2.75, 3.05) is 0 Å². The van der Waals surface area contributed by atoms with Gasteiger partial charge in [0.1, 0.15) is 0 Å². The Morgan fingerprint density at radius 1 is 1.50 bits per heavy atom. The molecule has 0 heterocycles. The molecule has 0 aromatic rings. The van der Waals surface area contributed by atoms with Crippen LogP contribution in [0.4, 0.5) is 0 Å². The third-order valence-corrected chi connectivity index (χ3v) is 4.82. The highest BCUT2D eigenvalue weighted by atomic mass is 16.3. The van der Waals surface area contributed by atoms with E-state index >= 15 is 0 Å². The summed E-state index contributed by atoms with van der Waals surface area (Å²) >= 11 is 0. The molecule has 2 fully saturated rings. The van der Waals surface area contributed by atoms with Gasteiger partial charge in [-0.15, -0.1) is 0 Å². The van der Waals surface area contributed by atoms with Crippen LogP contribution in [0.1, 0.15) is 52.9 Å². The first kappa shape index (κ1) is 11.9. The summed E-state index contributed by atoms with van der Waals surface area (Å²) in [6, 6.07) is 2.50. The lowest BCUT2D eigenvalue weighted by atomic mass is 9.62. The van der Waals surface area contributed by atoms with Gasteiger partial charge in [0.05, 0.1) is 17.1 Å². The SMILES string of the molecule is CC(C)CC(C)(O)C1(C#N)CC2CCC1C2. The number of nitriles is 1. The minimum Gasteiger partial charge on any atom is -0.388 e. The van der Waals surface area contributed by atoms with E-state index in [0.717, 1.165) is 19.3 Å². The lowest BCUT2D eigenvalue weighted by molar-refractivity contribution is -0.0806. The minimum atomic E-state index is -0.810. The highest BCUT2D eigenvalue weighted by Crippen LogP contribution is 2.61. The second kappa shape index (κ2) is 3.74. The predicted octanol–water partition coefficient (Wildman–Crippen LogP) is 3.11. The molecule has 0 radical (unpaired) electrons. The van der Waals surface area contributed by atoms with Gasteiger partial charge < -0.3 is 5.11 Å². The number of hydrogen-bond acceptors (Lipinski definition) is 2. The van der Waals surface area contributed by atoms with Crippen LogP contribution in [0.5, 0.6) is 0 Å². The number of rotatable bonds is 3. The predicted molar refractivity (Wildman–Crippen MR) is 63.6 cm³/mol. The summed E-state index contributed by atoms with van der Waals surface area (Å²) in [6.45, 7) is 6.12. The molecule has 2 nitrogen and oxygen atoms in total. The molecule has 1 N–H and O–H groups in total. The van der Waals surface area contributed by atoms with Gasteiger partial charge in [0.25, 0.3) is 0 Å². The fourth-order valence-corrected chi connectivity index (χ4v) is 4.22. The van der Waals surface area contributed by atoms with Gasteiger partial charge in [0.15, 0.2) is 0 Å². The first-order valence-corrected chi connectivity index (χ1v) is 6.55. The van der Waals surface area contributed by atoms with Crippen molar-refractivity contribution in [1.82, 2.24) is 0 Å². The minimum absolute atomic E-state index is 0.441. The molecule has 2 bridgehead atoms. The Bertz CT molecular complexity index is 315. The van der Waals surface area contributed by atoms with E-state index in [1.165, 1.54) is 12.8 Å². The molecule has 0 aromatic heterocycles. The highest BCUT2D eigenvalue weighted by Gasteiger charge is 2.60. The van der Waals surface area contributed by atoms with Gasteiger partial charge in [-0.1, -0.05) is 20.3 Å². The Morgan fingerprint density at radius 2 is 2.19 bits per heavy atom. The molecule has 2 aliphatic carbocycles. The zero-order valence-corrected chi connectivity index (χ0v) is 10.7. The monoisotopic (exact) mass is 221 g/mol. The normalized spacial score (nSPS) is 41.0. The lowest BCUT2D eigenvalue weighted by Crippen LogP contribution is -2.49. The van der Waals surface area contributed by atoms with Crippen LogP contribution in [0.3, 0.4) is 0 Å². The van der Waals surface area contributed by atoms with Crippen LogP contribution in [0.2, 0.25) is 0 Å². The van der Waals surface area contributed by atoms with Crippen molar-refractivity contribution in [3.05, 3.63) is 0 Å². The van der Waals surface area contributed by atoms with Crippen LogP contribution in [0, 0.1) is 34.5 Å². The van der Waals surface area contributed by atoms with Crippen molar-refractivity contribution < 1.29 is 5.11 Å². The van der Waals surface area contributed by atoms with E-state index in [1.54, 1.807) is 0 Å². The van der Waals surface area contributed by atoms with Crippen molar-refractivity contribution in [1.29, 1.82) is 5.26 Å². The molecule has 16 heavy (non-hydrogen) atoms. The van der Waals surface area contributed by atoms with E-state index in [2.05, 4.69) is 19.9 Å². The molecule has 0 aliphatic heterocycles. The zero-order chi connectivity index (χ0) is 12.0. The second-order valence-electron chi connectivity index (χ2n) is 6.54. The maximum Gasteiger partial charge on any atom is 0.0888 e. The third kappa shape index (κ3) is 1.57. The zero-order valence-electron chi connectivity index (χ0n) is 10.7. The van der Waals surface area contributed by atoms with E-state index in [-0.39, 0.29) is 0 Å². The summed E-state index contributed by atoms with van der Waals surface area (Å²) in [5.41, 5.74) is -1.27. The van der Waals surface area contributed by atoms with Crippen molar-refractivity contribution in [2.24, 2.45) is 23.2 Å². The molecule has 2 aliphatic rings. The Morgan fingerprint density at radius 3 is 2.56 bits per heavy atom. The molecule has 4 unspecified atom stereocenters. The average molecular weight is 221 g/mol. The Kier molecular flexibility index (Phi) is 2.78. The van der Waals surface area contributed by atoms with Crippen LogP contribution in [-0.2, 0) is 0 Å². The van der Waals surface area contributed by atoms with Gasteiger partial charge >= 0.3 is 0 Å². The summed E-state index contributed by atoms with van der Waals surface area (Å²) < 4.78 is 0. The number of aliphatic hydroxyl groups is 1. The first-order chi connectivity index (χ1) is 7.41. The van der Waals surface area contributed by atoms with Gasteiger partial charge in [0, 0.05) is 0 Å². The summed E-state index contributed by atoms with van der Waals surface area (Å²) in [7, 11) is 0. The molecule has 2 rings (SSSR count). The van der Waals surface area contributed by atoms with Crippen molar-refractivity contribution in [3.8, 4) is 6.07 Å². The van der Waals surface area contributed by atoms with Crippen LogP contribution < -0.4 is 0 Å². The Hall–Kier alpha value is -0.550. The summed E-state index contributed by atoms with van der Waals surface area (Å²) in [5, 5.41) is 20.3. The number of nitrogens with zero attached hydrogens (tertiary/aromatic N) is 1. The fraction of sp³-hybridized carbons (Fsp3) is 0.929. The average Bonchev–Trinajstić information content (AvgIpc) is 2.74. The molecule has 0 saturated heterocycles. The fourth-order valence-electron chi connectivity index (χ4n) is 4.22. The number of hydrogen-bond donors (Lipinski definition) is 1. The topological polar surface area (TPSA) is 44.0 Å². The number of fused-ring (bicyclic) bond motifs is 2. The molecule has 90 valence electrons. The highest BCUT2D eigenvalue weighted by molar-refractivity contribution is 5.19. The third-order valence-electron chi connectivity index (χ3n) is 4.82. The molecular weight excluding hydrogens is 198 g/mol. The molecule has 0 spiro atoms. The molecule has 2 saturated carbocycles. The lowest BCUT2D eigenvalue weighted by Gasteiger charge is -2.44. The maximum absolute atomic E-state index is 10.7. The van der Waals surface area contributed by atoms with Crippen LogP contribution in [0.25, 0.3) is 0 Å². The maximum atomic E-state index is 10.7. The van der Waals surface area contributed by atoms with Crippen molar-refractivity contribution >= 4 is 0 Å². The van der Waals surface area contributed by atoms with Crippen LogP contribution >= 0.6 is 0 Å². The van der Waals surface area contributed by atoms with Crippen molar-refractivity contribution in [2.45, 2.75) is 58.5 Å². The quantitative estimate of drug-likeness (QED) is 0.795. The van der Waals surface area contributed by atoms with Crippen molar-refractivity contribution in [3.63, 3.8) is 0 Å². The van der Waals surface area contributed by atoms with Gasteiger partial charge in [0.2, 0.25) is 0 Å². The van der Waals surface area contributed by atoms with Crippen LogP contribution in [-0.4, -0.2) is 10.7 Å². The standard InChI is InChI=1S/C14H23NO/c1-10(2)7-13(3,16)14(9-15)8-11-4-5-12(14)6-11/h10-12,16H,4-8H2,1-3H3. The summed E-state index contributed by atoms with van der Waals surface area (Å²) in [6.07, 6.45) is 5.25. The van der Waals surface area contributed by atoms with Gasteiger partial charge in [-0.3, -0.25) is 0 Å². The second-order valence-corrected chi connectivity index (χ2v) is 6.54. The molecule has 2 heteroatoms. The summed E-state index contributed by atoms with van der Waals surface area (Å²) in [5.74, 6) is 1.58. The molecular formula is C14H23NO. The van der Waals surface area contributed by atoms with E-state index < -0.39 is 11.0 Å². The van der Waals surface area contributed by atoms with Crippen LogP contribution in [0.15, 0.2) is 0 Å². The molecule has 4 atom stereocenters. The molecule has 0 amide bonds. The molecule has 0 aromatic carbocycles. The Balaban J connectivity index is 2.26. The van der Waals surface area contributed by atoms with E-state index in [0.29, 0.717) is 17.8 Å². The van der Waals surface area contributed by atoms with Gasteiger partial charge in [-0.05, 0) is 50.4 Å². The van der Waals surface area contributed by atoms with E-state index in [9.17, 15) is 10.4 Å². The van der Waals surface area contributed by atoms with E-state index in [1.807, 2.05) is 6.92 Å². The first-order valence-electron chi connectivity index (χ1n) is 6.55. The van der Waals surface area contributed by atoms with Gasteiger partial charge in [-0.2, -0.15) is 5.26 Å². The summed E-state index contributed by atoms with van der Waals surface area (Å²) in [4.78, 5) is 0.